The standard InChI is InChI=1S/C22H25N7O/c1-12(2)22(5,20-26-19(30-29-20)18-13(3)27-28-14(18)4)17-8-6-15(7-9-17)16-10-24-21(23)25-11-16/h6-12H,1-5H3,(H,27,28)(H2,23,24,25). The molecule has 0 aliphatic rings. The van der Waals surface area contributed by atoms with E-state index in [4.69, 9.17) is 15.2 Å². The second kappa shape index (κ2) is 7.37. The Bertz CT molecular complexity index is 1140. The molecule has 0 aliphatic carbocycles. The maximum atomic E-state index is 5.64. The molecule has 8 heteroatoms. The van der Waals surface area contributed by atoms with Crippen molar-refractivity contribution in [1.82, 2.24) is 30.3 Å². The van der Waals surface area contributed by atoms with Crippen LogP contribution in [0.1, 0.15) is 43.5 Å². The van der Waals surface area contributed by atoms with Crippen LogP contribution in [0.3, 0.4) is 0 Å². The SMILES string of the molecule is Cc1n[nH]c(C)c1-c1nc(C(C)(c2ccc(-c3cnc(N)nc3)cc2)C(C)C)no1. The summed E-state index contributed by atoms with van der Waals surface area (Å²) in [5.74, 6) is 1.63. The van der Waals surface area contributed by atoms with Gasteiger partial charge in [0, 0.05) is 23.7 Å². The van der Waals surface area contributed by atoms with Gasteiger partial charge in [-0.15, -0.1) is 0 Å². The summed E-state index contributed by atoms with van der Waals surface area (Å²) in [7, 11) is 0. The molecule has 0 fully saturated rings. The lowest BCUT2D eigenvalue weighted by atomic mass is 9.72. The zero-order chi connectivity index (χ0) is 21.5. The van der Waals surface area contributed by atoms with Crippen molar-refractivity contribution < 1.29 is 4.52 Å². The number of nitrogens with zero attached hydrogens (tertiary/aromatic N) is 5. The summed E-state index contributed by atoms with van der Waals surface area (Å²) in [5.41, 5.74) is 10.8. The summed E-state index contributed by atoms with van der Waals surface area (Å²) in [6.45, 7) is 10.3. The fourth-order valence-corrected chi connectivity index (χ4v) is 3.62. The van der Waals surface area contributed by atoms with Gasteiger partial charge in [-0.2, -0.15) is 10.1 Å². The van der Waals surface area contributed by atoms with Crippen LogP contribution >= 0.6 is 0 Å². The van der Waals surface area contributed by atoms with Gasteiger partial charge in [0.1, 0.15) is 0 Å². The monoisotopic (exact) mass is 403 g/mol. The van der Waals surface area contributed by atoms with Crippen LogP contribution in [0.25, 0.3) is 22.6 Å². The Hall–Kier alpha value is -3.55. The third-order valence-corrected chi connectivity index (χ3v) is 5.88. The zero-order valence-corrected chi connectivity index (χ0v) is 17.8. The predicted octanol–water partition coefficient (Wildman–Crippen LogP) is 4.08. The average Bonchev–Trinajstić information content (AvgIpc) is 3.34. The van der Waals surface area contributed by atoms with E-state index in [9.17, 15) is 0 Å². The lowest BCUT2D eigenvalue weighted by Crippen LogP contribution is -2.31. The molecule has 0 amide bonds. The maximum absolute atomic E-state index is 5.64. The smallest absolute Gasteiger partial charge is 0.261 e. The van der Waals surface area contributed by atoms with E-state index < -0.39 is 5.41 Å². The van der Waals surface area contributed by atoms with Crippen LogP contribution in [0.5, 0.6) is 0 Å². The van der Waals surface area contributed by atoms with E-state index >= 15 is 0 Å². The Morgan fingerprint density at radius 1 is 1.03 bits per heavy atom. The van der Waals surface area contributed by atoms with Crippen LogP contribution in [0, 0.1) is 19.8 Å². The van der Waals surface area contributed by atoms with Crippen LogP contribution in [-0.4, -0.2) is 30.3 Å². The van der Waals surface area contributed by atoms with E-state index in [1.165, 1.54) is 0 Å². The molecular weight excluding hydrogens is 378 g/mol. The lowest BCUT2D eigenvalue weighted by molar-refractivity contribution is 0.350. The number of aryl methyl sites for hydroxylation is 2. The first-order valence-electron chi connectivity index (χ1n) is 9.85. The van der Waals surface area contributed by atoms with E-state index in [0.717, 1.165) is 33.6 Å². The van der Waals surface area contributed by atoms with E-state index in [0.29, 0.717) is 11.7 Å². The van der Waals surface area contributed by atoms with Crippen LogP contribution in [0.4, 0.5) is 5.95 Å². The molecule has 3 N–H and O–H groups in total. The molecule has 0 bridgehead atoms. The number of benzene rings is 1. The van der Waals surface area contributed by atoms with Gasteiger partial charge in [-0.25, -0.2) is 9.97 Å². The van der Waals surface area contributed by atoms with Gasteiger partial charge in [0.2, 0.25) is 5.95 Å². The summed E-state index contributed by atoms with van der Waals surface area (Å²) in [4.78, 5) is 12.9. The highest BCUT2D eigenvalue weighted by Crippen LogP contribution is 2.39. The molecule has 30 heavy (non-hydrogen) atoms. The van der Waals surface area contributed by atoms with Gasteiger partial charge in [-0.1, -0.05) is 43.3 Å². The van der Waals surface area contributed by atoms with E-state index in [1.807, 2.05) is 13.8 Å². The number of nitrogens with two attached hydrogens (primary N) is 1. The minimum absolute atomic E-state index is 0.236. The number of aromatic nitrogens is 6. The number of aromatic amines is 1. The Morgan fingerprint density at radius 3 is 2.27 bits per heavy atom. The highest BCUT2D eigenvalue weighted by atomic mass is 16.5. The topological polar surface area (TPSA) is 119 Å². The first-order valence-corrected chi connectivity index (χ1v) is 9.85. The molecule has 0 radical (unpaired) electrons. The molecule has 8 nitrogen and oxygen atoms in total. The number of anilines is 1. The van der Waals surface area contributed by atoms with Crippen molar-refractivity contribution >= 4 is 5.95 Å². The summed E-state index contributed by atoms with van der Waals surface area (Å²) in [6, 6.07) is 8.29. The average molecular weight is 403 g/mol. The molecule has 0 aliphatic heterocycles. The molecular formula is C22H25N7O. The van der Waals surface area contributed by atoms with Crippen LogP contribution in [-0.2, 0) is 5.41 Å². The highest BCUT2D eigenvalue weighted by Gasteiger charge is 2.38. The van der Waals surface area contributed by atoms with Crippen molar-refractivity contribution in [3.63, 3.8) is 0 Å². The Balaban J connectivity index is 1.72. The lowest BCUT2D eigenvalue weighted by Gasteiger charge is -2.31. The molecule has 1 aromatic carbocycles. The highest BCUT2D eigenvalue weighted by molar-refractivity contribution is 5.63. The molecule has 0 saturated carbocycles. The minimum Gasteiger partial charge on any atom is -0.368 e. The molecule has 1 unspecified atom stereocenters. The Labute approximate surface area is 175 Å². The predicted molar refractivity (Wildman–Crippen MR) is 115 cm³/mol. The molecule has 0 spiro atoms. The normalized spacial score (nSPS) is 13.5. The van der Waals surface area contributed by atoms with Crippen LogP contribution in [0.15, 0.2) is 41.2 Å². The van der Waals surface area contributed by atoms with Gasteiger partial charge < -0.3 is 10.3 Å². The molecule has 4 rings (SSSR count). The number of nitrogen functional groups attached to an aromatic ring is 1. The van der Waals surface area contributed by atoms with Gasteiger partial charge in [-0.3, -0.25) is 5.10 Å². The van der Waals surface area contributed by atoms with Crippen molar-refractivity contribution in [1.29, 1.82) is 0 Å². The number of nitrogens with one attached hydrogen (secondary N) is 1. The van der Waals surface area contributed by atoms with Crippen molar-refractivity contribution in [3.8, 4) is 22.6 Å². The quantitative estimate of drug-likeness (QED) is 0.515. The minimum atomic E-state index is -0.427. The molecule has 3 heterocycles. The third-order valence-electron chi connectivity index (χ3n) is 5.88. The summed E-state index contributed by atoms with van der Waals surface area (Å²) in [6.07, 6.45) is 3.44. The van der Waals surface area contributed by atoms with Crippen molar-refractivity contribution in [2.75, 3.05) is 5.73 Å². The van der Waals surface area contributed by atoms with Crippen molar-refractivity contribution in [2.45, 2.75) is 40.0 Å². The van der Waals surface area contributed by atoms with E-state index in [-0.39, 0.29) is 11.9 Å². The Kier molecular flexibility index (Phi) is 4.85. The fraction of sp³-hybridized carbons (Fsp3) is 0.318. The van der Waals surface area contributed by atoms with Crippen molar-refractivity contribution in [2.24, 2.45) is 5.92 Å². The van der Waals surface area contributed by atoms with Crippen LogP contribution < -0.4 is 5.73 Å². The third kappa shape index (κ3) is 3.24. The van der Waals surface area contributed by atoms with Crippen molar-refractivity contribution in [3.05, 3.63) is 59.4 Å². The summed E-state index contributed by atoms with van der Waals surface area (Å²) < 4.78 is 5.64. The molecule has 4 aromatic rings. The molecule has 3 aromatic heterocycles. The first kappa shape index (κ1) is 19.8. The van der Waals surface area contributed by atoms with Gasteiger partial charge >= 0.3 is 0 Å². The summed E-state index contributed by atoms with van der Waals surface area (Å²) >= 11 is 0. The largest absolute Gasteiger partial charge is 0.368 e. The van der Waals surface area contributed by atoms with Crippen LogP contribution in [0.2, 0.25) is 0 Å². The first-order chi connectivity index (χ1) is 14.3. The van der Waals surface area contributed by atoms with Gasteiger partial charge in [0.15, 0.2) is 5.82 Å². The molecule has 0 saturated heterocycles. The van der Waals surface area contributed by atoms with Gasteiger partial charge in [0.05, 0.1) is 16.7 Å². The summed E-state index contributed by atoms with van der Waals surface area (Å²) in [5, 5.41) is 11.6. The van der Waals surface area contributed by atoms with E-state index in [1.54, 1.807) is 12.4 Å². The maximum Gasteiger partial charge on any atom is 0.261 e. The fourth-order valence-electron chi connectivity index (χ4n) is 3.62. The van der Waals surface area contributed by atoms with E-state index in [2.05, 4.69) is 70.4 Å². The number of hydrogen-bond acceptors (Lipinski definition) is 7. The van der Waals surface area contributed by atoms with Gasteiger partial charge in [-0.05, 0) is 37.8 Å². The second-order valence-electron chi connectivity index (χ2n) is 8.00. The molecule has 1 atom stereocenters. The molecule has 154 valence electrons. The van der Waals surface area contributed by atoms with Gasteiger partial charge in [0.25, 0.3) is 5.89 Å². The zero-order valence-electron chi connectivity index (χ0n) is 17.8. The Morgan fingerprint density at radius 2 is 1.70 bits per heavy atom. The number of rotatable bonds is 5. The second-order valence-corrected chi connectivity index (χ2v) is 8.00. The number of H-pyrrole nitrogens is 1. The number of hydrogen-bond donors (Lipinski definition) is 2.